The van der Waals surface area contributed by atoms with Crippen LogP contribution in [0.3, 0.4) is 0 Å². The van der Waals surface area contributed by atoms with E-state index >= 15 is 0 Å². The molecule has 2 aromatic rings. The summed E-state index contributed by atoms with van der Waals surface area (Å²) >= 11 is 0. The van der Waals surface area contributed by atoms with Crippen LogP contribution in [0.15, 0.2) is 54.6 Å². The fourth-order valence-electron chi connectivity index (χ4n) is 3.87. The summed E-state index contributed by atoms with van der Waals surface area (Å²) in [6.07, 6.45) is 1.64. The zero-order valence-corrected chi connectivity index (χ0v) is 16.5. The molecule has 2 aromatic carbocycles. The highest BCUT2D eigenvalue weighted by Crippen LogP contribution is 2.29. The molecule has 6 nitrogen and oxygen atoms in total. The summed E-state index contributed by atoms with van der Waals surface area (Å²) in [4.78, 5) is 28.1. The van der Waals surface area contributed by atoms with Crippen LogP contribution >= 0.6 is 0 Å². The van der Waals surface area contributed by atoms with Crippen LogP contribution in [0.2, 0.25) is 0 Å². The zero-order chi connectivity index (χ0) is 20.1. The van der Waals surface area contributed by atoms with E-state index in [1.807, 2.05) is 42.5 Å². The van der Waals surface area contributed by atoms with Gasteiger partial charge in [-0.25, -0.2) is 4.79 Å². The van der Waals surface area contributed by atoms with Crippen LogP contribution in [0, 0.1) is 0 Å². The maximum absolute atomic E-state index is 12.6. The van der Waals surface area contributed by atoms with Gasteiger partial charge in [-0.15, -0.1) is 0 Å². The van der Waals surface area contributed by atoms with E-state index in [2.05, 4.69) is 12.1 Å². The topological polar surface area (TPSA) is 59.1 Å². The Morgan fingerprint density at radius 2 is 1.72 bits per heavy atom. The Kier molecular flexibility index (Phi) is 6.10. The predicted octanol–water partition coefficient (Wildman–Crippen LogP) is 3.57. The number of amides is 2. The van der Waals surface area contributed by atoms with E-state index in [1.54, 1.807) is 4.90 Å². The summed E-state index contributed by atoms with van der Waals surface area (Å²) in [6.45, 7) is 2.80. The Bertz CT molecular complexity index is 832. The Hall–Kier alpha value is -2.86. The van der Waals surface area contributed by atoms with Crippen LogP contribution in [-0.2, 0) is 20.9 Å². The van der Waals surface area contributed by atoms with Gasteiger partial charge in [0.15, 0.2) is 0 Å². The second-order valence-corrected chi connectivity index (χ2v) is 7.49. The molecule has 0 N–H and O–H groups in total. The number of anilines is 1. The van der Waals surface area contributed by atoms with Crippen LogP contribution in [0.5, 0.6) is 0 Å². The summed E-state index contributed by atoms with van der Waals surface area (Å²) in [7, 11) is 0. The standard InChI is InChI=1S/C23H26N2O4/c26-22-16-24(23(27)29-17-18-4-2-1-3-5-18)12-13-25(22)21-8-6-19(7-9-21)20-10-14-28-15-11-20/h1-9,20H,10-17H2. The largest absolute Gasteiger partial charge is 0.445 e. The molecule has 2 amide bonds. The first-order valence-electron chi connectivity index (χ1n) is 10.1. The predicted molar refractivity (Wildman–Crippen MR) is 110 cm³/mol. The molecule has 0 unspecified atom stereocenters. The van der Waals surface area contributed by atoms with Gasteiger partial charge in [0.25, 0.3) is 0 Å². The van der Waals surface area contributed by atoms with E-state index in [4.69, 9.17) is 9.47 Å². The van der Waals surface area contributed by atoms with Crippen molar-refractivity contribution in [3.8, 4) is 0 Å². The summed E-state index contributed by atoms with van der Waals surface area (Å²) in [5.41, 5.74) is 3.10. The highest BCUT2D eigenvalue weighted by atomic mass is 16.6. The smallest absolute Gasteiger partial charge is 0.410 e. The maximum atomic E-state index is 12.6. The number of carbonyl (C=O) groups is 2. The first-order chi connectivity index (χ1) is 14.2. The Morgan fingerprint density at radius 1 is 1.00 bits per heavy atom. The number of piperazine rings is 1. The van der Waals surface area contributed by atoms with Gasteiger partial charge in [0.2, 0.25) is 5.91 Å². The monoisotopic (exact) mass is 394 g/mol. The molecule has 0 radical (unpaired) electrons. The van der Waals surface area contributed by atoms with Gasteiger partial charge in [-0.2, -0.15) is 0 Å². The van der Waals surface area contributed by atoms with Gasteiger partial charge in [-0.05, 0) is 42.0 Å². The fourth-order valence-corrected chi connectivity index (χ4v) is 3.87. The van der Waals surface area contributed by atoms with Crippen molar-refractivity contribution >= 4 is 17.7 Å². The number of carbonyl (C=O) groups excluding carboxylic acids is 2. The quantitative estimate of drug-likeness (QED) is 0.796. The summed E-state index contributed by atoms with van der Waals surface area (Å²) < 4.78 is 10.8. The van der Waals surface area contributed by atoms with Crippen molar-refractivity contribution in [2.24, 2.45) is 0 Å². The molecular formula is C23H26N2O4. The molecule has 2 fully saturated rings. The van der Waals surface area contributed by atoms with Gasteiger partial charge in [0, 0.05) is 32.0 Å². The molecule has 2 heterocycles. The highest BCUT2D eigenvalue weighted by molar-refractivity contribution is 5.97. The third-order valence-corrected chi connectivity index (χ3v) is 5.58. The molecule has 0 spiro atoms. The SMILES string of the molecule is O=C(OCc1ccccc1)N1CCN(c2ccc(C3CCOCC3)cc2)C(=O)C1. The van der Waals surface area contributed by atoms with Crippen LogP contribution < -0.4 is 4.90 Å². The lowest BCUT2D eigenvalue weighted by Gasteiger charge is -2.34. The number of benzene rings is 2. The van der Waals surface area contributed by atoms with Crippen molar-refractivity contribution in [3.05, 3.63) is 65.7 Å². The molecule has 6 heteroatoms. The lowest BCUT2D eigenvalue weighted by atomic mass is 9.91. The molecule has 2 aliphatic heterocycles. The van der Waals surface area contributed by atoms with E-state index < -0.39 is 6.09 Å². The normalized spacial score (nSPS) is 18.0. The lowest BCUT2D eigenvalue weighted by Crippen LogP contribution is -2.52. The Labute approximate surface area is 171 Å². The van der Waals surface area contributed by atoms with Gasteiger partial charge < -0.3 is 14.4 Å². The number of rotatable bonds is 4. The maximum Gasteiger partial charge on any atom is 0.410 e. The van der Waals surface area contributed by atoms with Gasteiger partial charge in [0.1, 0.15) is 13.2 Å². The van der Waals surface area contributed by atoms with E-state index in [0.29, 0.717) is 19.0 Å². The minimum atomic E-state index is -0.447. The first-order valence-corrected chi connectivity index (χ1v) is 10.1. The van der Waals surface area contributed by atoms with Crippen LogP contribution in [0.4, 0.5) is 10.5 Å². The molecule has 2 aliphatic rings. The minimum Gasteiger partial charge on any atom is -0.445 e. The van der Waals surface area contributed by atoms with E-state index in [-0.39, 0.29) is 19.1 Å². The van der Waals surface area contributed by atoms with Crippen LogP contribution in [-0.4, -0.2) is 49.7 Å². The molecule has 0 aliphatic carbocycles. The van der Waals surface area contributed by atoms with E-state index in [1.165, 1.54) is 10.5 Å². The van der Waals surface area contributed by atoms with Crippen molar-refractivity contribution in [2.45, 2.75) is 25.4 Å². The number of nitrogens with zero attached hydrogens (tertiary/aromatic N) is 2. The average Bonchev–Trinajstić information content (AvgIpc) is 2.79. The molecule has 0 saturated carbocycles. The summed E-state index contributed by atoms with van der Waals surface area (Å²) in [5, 5.41) is 0. The zero-order valence-electron chi connectivity index (χ0n) is 16.5. The van der Waals surface area contributed by atoms with Crippen molar-refractivity contribution in [2.75, 3.05) is 37.7 Å². The molecule has 0 aromatic heterocycles. The number of ether oxygens (including phenoxy) is 2. The third-order valence-electron chi connectivity index (χ3n) is 5.58. The second kappa shape index (κ2) is 9.09. The minimum absolute atomic E-state index is 0.0370. The first kappa shape index (κ1) is 19.5. The Morgan fingerprint density at radius 3 is 2.41 bits per heavy atom. The van der Waals surface area contributed by atoms with E-state index in [0.717, 1.165) is 37.3 Å². The Balaban J connectivity index is 1.31. The average molecular weight is 394 g/mol. The van der Waals surface area contributed by atoms with Crippen molar-refractivity contribution in [1.29, 1.82) is 0 Å². The van der Waals surface area contributed by atoms with Gasteiger partial charge in [-0.3, -0.25) is 9.69 Å². The summed E-state index contributed by atoms with van der Waals surface area (Å²) in [5.74, 6) is 0.441. The molecule has 0 bridgehead atoms. The fraction of sp³-hybridized carbons (Fsp3) is 0.391. The number of hydrogen-bond donors (Lipinski definition) is 0. The molecule has 4 rings (SSSR count). The molecule has 29 heavy (non-hydrogen) atoms. The van der Waals surface area contributed by atoms with E-state index in [9.17, 15) is 9.59 Å². The van der Waals surface area contributed by atoms with Gasteiger partial charge in [-0.1, -0.05) is 42.5 Å². The van der Waals surface area contributed by atoms with Crippen molar-refractivity contribution < 1.29 is 19.1 Å². The van der Waals surface area contributed by atoms with Crippen molar-refractivity contribution in [3.63, 3.8) is 0 Å². The van der Waals surface area contributed by atoms with Gasteiger partial charge >= 0.3 is 6.09 Å². The third kappa shape index (κ3) is 4.77. The van der Waals surface area contributed by atoms with Crippen molar-refractivity contribution in [1.82, 2.24) is 4.90 Å². The highest BCUT2D eigenvalue weighted by Gasteiger charge is 2.29. The second-order valence-electron chi connectivity index (χ2n) is 7.49. The molecular weight excluding hydrogens is 368 g/mol. The molecule has 2 saturated heterocycles. The summed E-state index contributed by atoms with van der Waals surface area (Å²) in [6, 6.07) is 17.8. The van der Waals surface area contributed by atoms with Crippen LogP contribution in [0.1, 0.15) is 29.9 Å². The molecule has 0 atom stereocenters. The number of hydrogen-bond acceptors (Lipinski definition) is 4. The lowest BCUT2D eigenvalue weighted by molar-refractivity contribution is -0.120. The van der Waals surface area contributed by atoms with Crippen LogP contribution in [0.25, 0.3) is 0 Å². The molecule has 152 valence electrons. The van der Waals surface area contributed by atoms with Gasteiger partial charge in [0.05, 0.1) is 0 Å².